The molecular weight excluding hydrogens is 400 g/mol. The lowest BCUT2D eigenvalue weighted by atomic mass is 10.2. The van der Waals surface area contributed by atoms with E-state index in [1.165, 1.54) is 21.3 Å². The number of morpholine rings is 1. The van der Waals surface area contributed by atoms with Gasteiger partial charge in [-0.2, -0.15) is 0 Å². The summed E-state index contributed by atoms with van der Waals surface area (Å²) in [4.78, 5) is 34.3. The standard InChI is InChI=1S/C22H24N4O3S/c27-19(24-16-6-4-15(5-7-16)12-25-8-10-29-11-9-25)13-26-14-23-21-20(22(26)28)17-2-1-3-18(17)30-21/h4-7,14H,1-3,8-13H2,(H,24,27). The molecule has 1 saturated heterocycles. The molecule has 8 heteroatoms. The fourth-order valence-electron chi connectivity index (χ4n) is 4.20. The summed E-state index contributed by atoms with van der Waals surface area (Å²) in [5.41, 5.74) is 2.95. The van der Waals surface area contributed by atoms with Crippen molar-refractivity contribution >= 4 is 33.1 Å². The second-order valence-corrected chi connectivity index (χ2v) is 8.93. The molecule has 1 aliphatic heterocycles. The molecule has 30 heavy (non-hydrogen) atoms. The number of anilines is 1. The van der Waals surface area contributed by atoms with E-state index >= 15 is 0 Å². The lowest BCUT2D eigenvalue weighted by Gasteiger charge is -2.26. The van der Waals surface area contributed by atoms with Gasteiger partial charge in [0.15, 0.2) is 0 Å². The second kappa shape index (κ2) is 8.29. The highest BCUT2D eigenvalue weighted by molar-refractivity contribution is 7.18. The molecule has 3 heterocycles. The Morgan fingerprint density at radius 3 is 2.77 bits per heavy atom. The molecule has 156 valence electrons. The topological polar surface area (TPSA) is 76.5 Å². The molecular formula is C22H24N4O3S. The minimum atomic E-state index is -0.231. The Bertz CT molecular complexity index is 1130. The van der Waals surface area contributed by atoms with E-state index in [0.29, 0.717) is 5.39 Å². The number of hydrogen-bond acceptors (Lipinski definition) is 6. The number of thiophene rings is 1. The number of rotatable bonds is 5. The van der Waals surface area contributed by atoms with E-state index in [4.69, 9.17) is 4.74 Å². The summed E-state index contributed by atoms with van der Waals surface area (Å²) >= 11 is 1.61. The molecule has 1 amide bonds. The zero-order chi connectivity index (χ0) is 20.5. The van der Waals surface area contributed by atoms with Gasteiger partial charge in [-0.3, -0.25) is 19.1 Å². The first-order valence-corrected chi connectivity index (χ1v) is 11.2. The number of nitrogens with zero attached hydrogens (tertiary/aromatic N) is 3. The third kappa shape index (κ3) is 3.90. The van der Waals surface area contributed by atoms with E-state index in [1.807, 2.05) is 24.3 Å². The highest BCUT2D eigenvalue weighted by Crippen LogP contribution is 2.34. The Hall–Kier alpha value is -2.55. The second-order valence-electron chi connectivity index (χ2n) is 7.85. The van der Waals surface area contributed by atoms with Gasteiger partial charge in [-0.15, -0.1) is 11.3 Å². The Morgan fingerprint density at radius 2 is 1.97 bits per heavy atom. The van der Waals surface area contributed by atoms with Crippen LogP contribution in [-0.4, -0.2) is 46.7 Å². The third-order valence-corrected chi connectivity index (χ3v) is 6.95. The largest absolute Gasteiger partial charge is 0.379 e. The lowest BCUT2D eigenvalue weighted by Crippen LogP contribution is -2.35. The van der Waals surface area contributed by atoms with Crippen LogP contribution in [0.2, 0.25) is 0 Å². The number of carbonyl (C=O) groups excluding carboxylic acids is 1. The highest BCUT2D eigenvalue weighted by Gasteiger charge is 2.21. The van der Waals surface area contributed by atoms with Gasteiger partial charge in [0.1, 0.15) is 11.4 Å². The fraction of sp³-hybridized carbons (Fsp3) is 0.409. The first-order valence-electron chi connectivity index (χ1n) is 10.4. The van der Waals surface area contributed by atoms with Crippen molar-refractivity contribution in [2.45, 2.75) is 32.4 Å². The van der Waals surface area contributed by atoms with Gasteiger partial charge in [-0.25, -0.2) is 4.98 Å². The van der Waals surface area contributed by atoms with Crippen LogP contribution in [0.5, 0.6) is 0 Å². The number of nitrogens with one attached hydrogen (secondary N) is 1. The maximum absolute atomic E-state index is 12.9. The van der Waals surface area contributed by atoms with Gasteiger partial charge in [-0.1, -0.05) is 12.1 Å². The molecule has 0 saturated carbocycles. The molecule has 0 atom stereocenters. The molecule has 1 fully saturated rings. The summed E-state index contributed by atoms with van der Waals surface area (Å²) in [6, 6.07) is 7.87. The molecule has 0 unspecified atom stereocenters. The summed E-state index contributed by atoms with van der Waals surface area (Å²) < 4.78 is 6.79. The number of benzene rings is 1. The van der Waals surface area contributed by atoms with Crippen molar-refractivity contribution < 1.29 is 9.53 Å². The van der Waals surface area contributed by atoms with Crippen LogP contribution in [0.15, 0.2) is 35.4 Å². The Morgan fingerprint density at radius 1 is 1.17 bits per heavy atom. The molecule has 0 bridgehead atoms. The van der Waals surface area contributed by atoms with Gasteiger partial charge < -0.3 is 10.1 Å². The van der Waals surface area contributed by atoms with Crippen LogP contribution in [0.25, 0.3) is 10.2 Å². The molecule has 2 aliphatic rings. The maximum atomic E-state index is 12.9. The predicted octanol–water partition coefficient (Wildman–Crippen LogP) is 2.42. The molecule has 1 aromatic carbocycles. The summed E-state index contributed by atoms with van der Waals surface area (Å²) in [5.74, 6) is -0.231. The molecule has 1 N–H and O–H groups in total. The van der Waals surface area contributed by atoms with Crippen LogP contribution in [0, 0.1) is 0 Å². The van der Waals surface area contributed by atoms with Gasteiger partial charge in [0.25, 0.3) is 5.56 Å². The SMILES string of the molecule is O=C(Cn1cnc2sc3c(c2c1=O)CCC3)Nc1ccc(CN2CCOCC2)cc1. The van der Waals surface area contributed by atoms with E-state index in [1.54, 1.807) is 11.3 Å². The number of amides is 1. The van der Waals surface area contributed by atoms with Gasteiger partial charge in [0, 0.05) is 30.2 Å². The van der Waals surface area contributed by atoms with Crippen LogP contribution in [0.1, 0.15) is 22.4 Å². The Labute approximate surface area is 178 Å². The average molecular weight is 425 g/mol. The van der Waals surface area contributed by atoms with E-state index < -0.39 is 0 Å². The van der Waals surface area contributed by atoms with Crippen molar-refractivity contribution in [2.24, 2.45) is 0 Å². The van der Waals surface area contributed by atoms with E-state index in [-0.39, 0.29) is 18.0 Å². The van der Waals surface area contributed by atoms with Crippen molar-refractivity contribution in [2.75, 3.05) is 31.6 Å². The van der Waals surface area contributed by atoms with E-state index in [9.17, 15) is 9.59 Å². The van der Waals surface area contributed by atoms with Crippen molar-refractivity contribution in [3.05, 3.63) is 57.0 Å². The molecule has 3 aromatic rings. The molecule has 2 aromatic heterocycles. The van der Waals surface area contributed by atoms with Gasteiger partial charge >= 0.3 is 0 Å². The summed E-state index contributed by atoms with van der Waals surface area (Å²) in [7, 11) is 0. The average Bonchev–Trinajstić information content (AvgIpc) is 3.34. The first kappa shape index (κ1) is 19.4. The van der Waals surface area contributed by atoms with Crippen molar-refractivity contribution in [1.29, 1.82) is 0 Å². The number of fused-ring (bicyclic) bond motifs is 3. The fourth-order valence-corrected chi connectivity index (χ4v) is 5.42. The van der Waals surface area contributed by atoms with Crippen LogP contribution < -0.4 is 10.9 Å². The predicted molar refractivity (Wildman–Crippen MR) is 117 cm³/mol. The van der Waals surface area contributed by atoms with Crippen LogP contribution in [-0.2, 0) is 35.5 Å². The van der Waals surface area contributed by atoms with Crippen molar-refractivity contribution in [3.63, 3.8) is 0 Å². The maximum Gasteiger partial charge on any atom is 0.262 e. The summed E-state index contributed by atoms with van der Waals surface area (Å²) in [6.07, 6.45) is 4.53. The quantitative estimate of drug-likeness (QED) is 0.681. The minimum Gasteiger partial charge on any atom is -0.379 e. The Balaban J connectivity index is 1.25. The number of hydrogen-bond donors (Lipinski definition) is 1. The smallest absolute Gasteiger partial charge is 0.262 e. The molecule has 0 spiro atoms. The lowest BCUT2D eigenvalue weighted by molar-refractivity contribution is -0.116. The Kier molecular flexibility index (Phi) is 5.37. The molecule has 0 radical (unpaired) electrons. The van der Waals surface area contributed by atoms with E-state index in [2.05, 4.69) is 15.2 Å². The molecule has 7 nitrogen and oxygen atoms in total. The zero-order valence-electron chi connectivity index (χ0n) is 16.7. The van der Waals surface area contributed by atoms with Gasteiger partial charge in [0.05, 0.1) is 24.9 Å². The van der Waals surface area contributed by atoms with Crippen LogP contribution >= 0.6 is 11.3 Å². The number of aromatic nitrogens is 2. The number of aryl methyl sites for hydroxylation is 2. The van der Waals surface area contributed by atoms with E-state index in [0.717, 1.165) is 68.2 Å². The highest BCUT2D eigenvalue weighted by atomic mass is 32.1. The number of ether oxygens (including phenoxy) is 1. The van der Waals surface area contributed by atoms with Crippen LogP contribution in [0.4, 0.5) is 5.69 Å². The molecule has 1 aliphatic carbocycles. The zero-order valence-corrected chi connectivity index (χ0v) is 17.5. The van der Waals surface area contributed by atoms with Crippen LogP contribution in [0.3, 0.4) is 0 Å². The number of carbonyl (C=O) groups is 1. The first-order chi connectivity index (χ1) is 14.7. The minimum absolute atomic E-state index is 0.0398. The summed E-state index contributed by atoms with van der Waals surface area (Å²) in [5, 5.41) is 3.59. The van der Waals surface area contributed by atoms with Gasteiger partial charge in [-0.05, 0) is 42.5 Å². The van der Waals surface area contributed by atoms with Gasteiger partial charge in [0.2, 0.25) is 5.91 Å². The molecule has 5 rings (SSSR count). The normalized spacial score (nSPS) is 16.7. The summed E-state index contributed by atoms with van der Waals surface area (Å²) in [6.45, 7) is 4.29. The van der Waals surface area contributed by atoms with Crippen molar-refractivity contribution in [1.82, 2.24) is 14.5 Å². The third-order valence-electron chi connectivity index (χ3n) is 5.75. The monoisotopic (exact) mass is 424 g/mol. The van der Waals surface area contributed by atoms with Crippen molar-refractivity contribution in [3.8, 4) is 0 Å².